The summed E-state index contributed by atoms with van der Waals surface area (Å²) < 4.78 is 5.43. The number of likely N-dealkylation sites (tertiary alicyclic amines) is 1. The van der Waals surface area contributed by atoms with Gasteiger partial charge in [-0.15, -0.1) is 11.3 Å². The first-order chi connectivity index (χ1) is 12.9. The molecule has 1 fully saturated rings. The van der Waals surface area contributed by atoms with Crippen molar-refractivity contribution in [3.05, 3.63) is 40.9 Å². The molecule has 0 aliphatic carbocycles. The van der Waals surface area contributed by atoms with Gasteiger partial charge in [-0.3, -0.25) is 4.79 Å². The fraction of sp³-hybridized carbons (Fsp3) is 0.476. The summed E-state index contributed by atoms with van der Waals surface area (Å²) in [5, 5.41) is 2.44. The topological polar surface area (TPSA) is 59.5 Å². The Morgan fingerprint density at radius 3 is 2.44 bits per heavy atom. The molecule has 1 amide bonds. The van der Waals surface area contributed by atoms with Crippen LogP contribution in [0.15, 0.2) is 29.6 Å². The predicted molar refractivity (Wildman–Crippen MR) is 107 cm³/mol. The number of aromatic nitrogens is 1. The molecule has 0 unspecified atom stereocenters. The summed E-state index contributed by atoms with van der Waals surface area (Å²) in [6.45, 7) is 7.77. The van der Waals surface area contributed by atoms with Gasteiger partial charge in [-0.25, -0.2) is 9.78 Å². The monoisotopic (exact) mass is 386 g/mol. The molecule has 1 aliphatic rings. The second kappa shape index (κ2) is 8.21. The Hall–Kier alpha value is -2.21. The number of aryl methyl sites for hydroxylation is 1. The number of esters is 1. The average Bonchev–Trinajstić information content (AvgIpc) is 3.12. The normalized spacial score (nSPS) is 21.0. The van der Waals surface area contributed by atoms with Crippen LogP contribution in [0.1, 0.15) is 56.1 Å². The van der Waals surface area contributed by atoms with Gasteiger partial charge in [0.05, 0.1) is 0 Å². The van der Waals surface area contributed by atoms with E-state index in [0.717, 1.165) is 29.8 Å². The predicted octanol–water partition coefficient (Wildman–Crippen LogP) is 4.45. The minimum atomic E-state index is -0.815. The van der Waals surface area contributed by atoms with E-state index in [2.05, 4.69) is 18.8 Å². The molecule has 0 saturated carbocycles. The van der Waals surface area contributed by atoms with Gasteiger partial charge >= 0.3 is 5.97 Å². The highest BCUT2D eigenvalue weighted by atomic mass is 32.1. The zero-order valence-electron chi connectivity index (χ0n) is 16.3. The molecule has 6 heteroatoms. The van der Waals surface area contributed by atoms with E-state index in [0.29, 0.717) is 0 Å². The van der Waals surface area contributed by atoms with E-state index < -0.39 is 12.1 Å². The van der Waals surface area contributed by atoms with Gasteiger partial charge in [0.15, 0.2) is 11.8 Å². The number of ether oxygens (including phenoxy) is 1. The van der Waals surface area contributed by atoms with Crippen molar-refractivity contribution in [3.8, 4) is 10.6 Å². The first kappa shape index (κ1) is 19.5. The fourth-order valence-corrected chi connectivity index (χ4v) is 4.33. The third-order valence-corrected chi connectivity index (χ3v) is 5.98. The number of carbonyl (C=O) groups excluding carboxylic acids is 2. The second-order valence-electron chi connectivity index (χ2n) is 7.33. The largest absolute Gasteiger partial charge is 0.448 e. The SMILES string of the molecule is Cc1ccc(-c2nc(C(=O)O[C@H](C)C(=O)N3[C@@H](C)CCC[C@@H]3C)cs2)cc1. The van der Waals surface area contributed by atoms with Crippen LogP contribution < -0.4 is 0 Å². The summed E-state index contributed by atoms with van der Waals surface area (Å²) >= 11 is 1.39. The molecule has 1 aromatic heterocycles. The highest BCUT2D eigenvalue weighted by molar-refractivity contribution is 7.13. The van der Waals surface area contributed by atoms with Crippen molar-refractivity contribution < 1.29 is 14.3 Å². The van der Waals surface area contributed by atoms with Crippen LogP contribution in [0.4, 0.5) is 0 Å². The van der Waals surface area contributed by atoms with Gasteiger partial charge in [-0.2, -0.15) is 0 Å². The summed E-state index contributed by atoms with van der Waals surface area (Å²) in [6.07, 6.45) is 2.29. The molecule has 0 N–H and O–H groups in total. The number of rotatable bonds is 4. The first-order valence-corrected chi connectivity index (χ1v) is 10.3. The highest BCUT2D eigenvalue weighted by Gasteiger charge is 2.33. The molecule has 0 radical (unpaired) electrons. The molecule has 144 valence electrons. The molecule has 2 aromatic rings. The van der Waals surface area contributed by atoms with Crippen LogP contribution in [0.5, 0.6) is 0 Å². The Morgan fingerprint density at radius 2 is 1.81 bits per heavy atom. The molecular formula is C21H26N2O3S. The standard InChI is InChI=1S/C21H26N2O3S/c1-13-8-10-17(11-9-13)19-22-18(12-27-19)21(25)26-16(4)20(24)23-14(2)6-5-7-15(23)3/h8-12,14-16H,5-7H2,1-4H3/t14-,15-,16+/m0/s1. The molecule has 5 nitrogen and oxygen atoms in total. The van der Waals surface area contributed by atoms with Gasteiger partial charge in [0.2, 0.25) is 0 Å². The Balaban J connectivity index is 1.66. The minimum absolute atomic E-state index is 0.128. The number of piperidine rings is 1. The van der Waals surface area contributed by atoms with Gasteiger partial charge < -0.3 is 9.64 Å². The molecule has 0 spiro atoms. The number of hydrogen-bond donors (Lipinski definition) is 0. The number of thiazole rings is 1. The van der Waals surface area contributed by atoms with Crippen LogP contribution in [0, 0.1) is 6.92 Å². The lowest BCUT2D eigenvalue weighted by Crippen LogP contribution is -2.51. The van der Waals surface area contributed by atoms with Crippen molar-refractivity contribution in [3.63, 3.8) is 0 Å². The van der Waals surface area contributed by atoms with E-state index in [1.807, 2.05) is 36.1 Å². The molecule has 27 heavy (non-hydrogen) atoms. The maximum atomic E-state index is 12.8. The quantitative estimate of drug-likeness (QED) is 0.728. The van der Waals surface area contributed by atoms with Crippen molar-refractivity contribution in [2.75, 3.05) is 0 Å². The number of amides is 1. The van der Waals surface area contributed by atoms with Crippen LogP contribution in [0.25, 0.3) is 10.6 Å². The summed E-state index contributed by atoms with van der Waals surface area (Å²) in [6, 6.07) is 8.33. The number of carbonyl (C=O) groups is 2. The van der Waals surface area contributed by atoms with Crippen molar-refractivity contribution in [1.29, 1.82) is 0 Å². The maximum Gasteiger partial charge on any atom is 0.358 e. The Labute approximate surface area is 164 Å². The van der Waals surface area contributed by atoms with Gasteiger partial charge in [0, 0.05) is 23.0 Å². The highest BCUT2D eigenvalue weighted by Crippen LogP contribution is 2.26. The van der Waals surface area contributed by atoms with Crippen LogP contribution in [-0.2, 0) is 9.53 Å². The molecule has 1 aliphatic heterocycles. The van der Waals surface area contributed by atoms with Crippen molar-refractivity contribution in [2.24, 2.45) is 0 Å². The zero-order valence-corrected chi connectivity index (χ0v) is 17.1. The summed E-state index contributed by atoms with van der Waals surface area (Å²) in [5.74, 6) is -0.681. The summed E-state index contributed by atoms with van der Waals surface area (Å²) in [5.41, 5.74) is 2.38. The van der Waals surface area contributed by atoms with E-state index in [1.165, 1.54) is 16.9 Å². The Morgan fingerprint density at radius 1 is 1.19 bits per heavy atom. The van der Waals surface area contributed by atoms with E-state index in [-0.39, 0.29) is 23.7 Å². The lowest BCUT2D eigenvalue weighted by molar-refractivity contribution is -0.146. The smallest absolute Gasteiger partial charge is 0.358 e. The Bertz CT molecular complexity index is 805. The average molecular weight is 387 g/mol. The van der Waals surface area contributed by atoms with E-state index in [4.69, 9.17) is 4.74 Å². The molecule has 3 atom stereocenters. The van der Waals surface area contributed by atoms with Gasteiger partial charge in [-0.1, -0.05) is 29.8 Å². The summed E-state index contributed by atoms with van der Waals surface area (Å²) in [4.78, 5) is 31.5. The molecular weight excluding hydrogens is 360 g/mol. The third kappa shape index (κ3) is 4.38. The van der Waals surface area contributed by atoms with Crippen LogP contribution in [0.2, 0.25) is 0 Å². The van der Waals surface area contributed by atoms with Crippen LogP contribution >= 0.6 is 11.3 Å². The van der Waals surface area contributed by atoms with E-state index >= 15 is 0 Å². The maximum absolute atomic E-state index is 12.8. The van der Waals surface area contributed by atoms with Crippen molar-refractivity contribution in [1.82, 2.24) is 9.88 Å². The minimum Gasteiger partial charge on any atom is -0.448 e. The zero-order chi connectivity index (χ0) is 19.6. The molecule has 1 saturated heterocycles. The van der Waals surface area contributed by atoms with Gasteiger partial charge in [0.25, 0.3) is 5.91 Å². The fourth-order valence-electron chi connectivity index (χ4n) is 3.53. The number of benzene rings is 1. The summed E-state index contributed by atoms with van der Waals surface area (Å²) in [7, 11) is 0. The Kier molecular flexibility index (Phi) is 5.95. The lowest BCUT2D eigenvalue weighted by atomic mass is 9.97. The molecule has 1 aromatic carbocycles. The van der Waals surface area contributed by atoms with Crippen LogP contribution in [-0.4, -0.2) is 39.9 Å². The van der Waals surface area contributed by atoms with Gasteiger partial charge in [-0.05, 0) is 47.0 Å². The number of hydrogen-bond acceptors (Lipinski definition) is 5. The van der Waals surface area contributed by atoms with Crippen LogP contribution in [0.3, 0.4) is 0 Å². The molecule has 0 bridgehead atoms. The molecule has 2 heterocycles. The van der Waals surface area contributed by atoms with Gasteiger partial charge in [0.1, 0.15) is 5.01 Å². The van der Waals surface area contributed by atoms with E-state index in [9.17, 15) is 9.59 Å². The number of nitrogens with zero attached hydrogens (tertiary/aromatic N) is 2. The first-order valence-electron chi connectivity index (χ1n) is 9.42. The third-order valence-electron chi connectivity index (χ3n) is 5.09. The van der Waals surface area contributed by atoms with E-state index in [1.54, 1.807) is 12.3 Å². The van der Waals surface area contributed by atoms with Crippen molar-refractivity contribution >= 4 is 23.2 Å². The second-order valence-corrected chi connectivity index (χ2v) is 8.18. The lowest BCUT2D eigenvalue weighted by Gasteiger charge is -2.40. The molecule has 3 rings (SSSR count). The van der Waals surface area contributed by atoms with Crippen molar-refractivity contribution in [2.45, 2.75) is 65.1 Å².